The Bertz CT molecular complexity index is 778. The molecule has 1 aliphatic rings. The van der Waals surface area contributed by atoms with Crippen LogP contribution in [0, 0.1) is 0 Å². The fourth-order valence-corrected chi connectivity index (χ4v) is 2.92. The second kappa shape index (κ2) is 7.11. The summed E-state index contributed by atoms with van der Waals surface area (Å²) in [6.07, 6.45) is 0. The maximum absolute atomic E-state index is 12.2. The lowest BCUT2D eigenvalue weighted by atomic mass is 10.2. The second-order valence-corrected chi connectivity index (χ2v) is 6.24. The zero-order valence-electron chi connectivity index (χ0n) is 12.7. The molecule has 2 aromatic rings. The van der Waals surface area contributed by atoms with Crippen LogP contribution in [0.4, 0.5) is 11.4 Å². The number of piperazine rings is 1. The smallest absolute Gasteiger partial charge is 0.255 e. The second-order valence-electron chi connectivity index (χ2n) is 5.40. The Morgan fingerprint density at radius 3 is 2.54 bits per heavy atom. The fourth-order valence-electron chi connectivity index (χ4n) is 2.49. The maximum atomic E-state index is 12.2. The van der Waals surface area contributed by atoms with Gasteiger partial charge in [-0.25, -0.2) is 0 Å². The average Bonchev–Trinajstić information content (AvgIpc) is 2.55. The van der Waals surface area contributed by atoms with Crippen molar-refractivity contribution in [2.24, 2.45) is 0 Å². The quantitative estimate of drug-likeness (QED) is 0.880. The number of amides is 2. The first-order chi connectivity index (χ1) is 11.5. The van der Waals surface area contributed by atoms with Crippen LogP contribution in [0.15, 0.2) is 42.5 Å². The number of halogens is 2. The molecule has 0 unspecified atom stereocenters. The molecular weight excluding hydrogens is 349 g/mol. The molecule has 2 amide bonds. The third kappa shape index (κ3) is 3.80. The van der Waals surface area contributed by atoms with Crippen molar-refractivity contribution in [1.29, 1.82) is 0 Å². The molecule has 7 heteroatoms. The molecule has 3 rings (SSSR count). The summed E-state index contributed by atoms with van der Waals surface area (Å²) in [6, 6.07) is 11.9. The number of benzene rings is 2. The molecule has 2 aromatic carbocycles. The number of anilines is 2. The Morgan fingerprint density at radius 1 is 1.12 bits per heavy atom. The van der Waals surface area contributed by atoms with E-state index in [2.05, 4.69) is 10.6 Å². The molecule has 1 saturated heterocycles. The number of hydrogen-bond acceptors (Lipinski definition) is 3. The Kier molecular flexibility index (Phi) is 4.92. The van der Waals surface area contributed by atoms with Crippen molar-refractivity contribution in [3.8, 4) is 0 Å². The van der Waals surface area contributed by atoms with Gasteiger partial charge in [0, 0.05) is 29.4 Å². The summed E-state index contributed by atoms with van der Waals surface area (Å²) in [4.78, 5) is 25.6. The fraction of sp³-hybridized carbons (Fsp3) is 0.176. The van der Waals surface area contributed by atoms with Crippen LogP contribution in [0.1, 0.15) is 10.4 Å². The van der Waals surface area contributed by atoms with Gasteiger partial charge in [-0.2, -0.15) is 0 Å². The molecule has 1 aliphatic heterocycles. The summed E-state index contributed by atoms with van der Waals surface area (Å²) in [5, 5.41) is 6.62. The number of nitrogens with one attached hydrogen (secondary N) is 2. The predicted octanol–water partition coefficient (Wildman–Crippen LogP) is 3.18. The van der Waals surface area contributed by atoms with Crippen molar-refractivity contribution in [2.75, 3.05) is 29.9 Å². The van der Waals surface area contributed by atoms with Crippen LogP contribution in [0.25, 0.3) is 0 Å². The van der Waals surface area contributed by atoms with Crippen LogP contribution in [0.3, 0.4) is 0 Å². The minimum Gasteiger partial charge on any atom is -0.359 e. The van der Waals surface area contributed by atoms with Gasteiger partial charge in [0.25, 0.3) is 5.91 Å². The molecule has 0 spiro atoms. The highest BCUT2D eigenvalue weighted by Gasteiger charge is 2.19. The molecule has 0 atom stereocenters. The first-order valence-corrected chi connectivity index (χ1v) is 8.16. The van der Waals surface area contributed by atoms with E-state index < -0.39 is 0 Å². The lowest BCUT2D eigenvalue weighted by molar-refractivity contribution is -0.120. The molecule has 24 heavy (non-hydrogen) atoms. The third-order valence-electron chi connectivity index (χ3n) is 3.69. The van der Waals surface area contributed by atoms with Crippen molar-refractivity contribution in [2.45, 2.75) is 0 Å². The van der Waals surface area contributed by atoms with E-state index in [1.807, 2.05) is 4.90 Å². The van der Waals surface area contributed by atoms with E-state index in [1.54, 1.807) is 42.5 Å². The average molecular weight is 364 g/mol. The molecule has 2 N–H and O–H groups in total. The minimum atomic E-state index is -0.243. The highest BCUT2D eigenvalue weighted by Crippen LogP contribution is 2.29. The summed E-state index contributed by atoms with van der Waals surface area (Å²) < 4.78 is 0. The van der Waals surface area contributed by atoms with E-state index in [9.17, 15) is 9.59 Å². The Hall–Kier alpha value is -2.24. The van der Waals surface area contributed by atoms with Gasteiger partial charge < -0.3 is 15.5 Å². The normalized spacial score (nSPS) is 14.2. The molecule has 0 aromatic heterocycles. The third-order valence-corrected chi connectivity index (χ3v) is 4.25. The number of rotatable bonds is 3. The van der Waals surface area contributed by atoms with E-state index in [0.29, 0.717) is 34.4 Å². The van der Waals surface area contributed by atoms with Crippen LogP contribution in [0.5, 0.6) is 0 Å². The molecule has 5 nitrogen and oxygen atoms in total. The molecule has 0 saturated carbocycles. The van der Waals surface area contributed by atoms with E-state index >= 15 is 0 Å². The summed E-state index contributed by atoms with van der Waals surface area (Å²) >= 11 is 12.1. The van der Waals surface area contributed by atoms with E-state index in [0.717, 1.165) is 5.69 Å². The van der Waals surface area contributed by atoms with Crippen LogP contribution in [-0.4, -0.2) is 31.4 Å². The Balaban J connectivity index is 1.73. The van der Waals surface area contributed by atoms with Gasteiger partial charge in [-0.15, -0.1) is 0 Å². The molecule has 1 heterocycles. The van der Waals surface area contributed by atoms with Gasteiger partial charge in [0.1, 0.15) is 0 Å². The van der Waals surface area contributed by atoms with E-state index in [1.165, 1.54) is 0 Å². The van der Waals surface area contributed by atoms with Gasteiger partial charge in [-0.05, 0) is 42.5 Å². The van der Waals surface area contributed by atoms with Crippen molar-refractivity contribution in [1.82, 2.24) is 5.32 Å². The molecule has 124 valence electrons. The van der Waals surface area contributed by atoms with Crippen molar-refractivity contribution in [3.05, 3.63) is 58.1 Å². The zero-order valence-corrected chi connectivity index (χ0v) is 14.2. The van der Waals surface area contributed by atoms with Crippen molar-refractivity contribution >= 4 is 46.4 Å². The summed E-state index contributed by atoms with van der Waals surface area (Å²) in [7, 11) is 0. The lowest BCUT2D eigenvalue weighted by Gasteiger charge is -2.29. The van der Waals surface area contributed by atoms with Gasteiger partial charge >= 0.3 is 0 Å². The largest absolute Gasteiger partial charge is 0.359 e. The highest BCUT2D eigenvalue weighted by molar-refractivity contribution is 6.33. The first-order valence-electron chi connectivity index (χ1n) is 7.41. The Labute approximate surface area is 149 Å². The summed E-state index contributed by atoms with van der Waals surface area (Å²) in [5.41, 5.74) is 1.87. The number of carbonyl (C=O) groups excluding carboxylic acids is 2. The van der Waals surface area contributed by atoms with Gasteiger partial charge in [0.15, 0.2) is 0 Å². The van der Waals surface area contributed by atoms with Crippen LogP contribution in [-0.2, 0) is 4.79 Å². The van der Waals surface area contributed by atoms with Gasteiger partial charge in [0.2, 0.25) is 5.91 Å². The number of nitrogens with zero attached hydrogens (tertiary/aromatic N) is 1. The maximum Gasteiger partial charge on any atom is 0.255 e. The Morgan fingerprint density at radius 2 is 1.88 bits per heavy atom. The van der Waals surface area contributed by atoms with Gasteiger partial charge in [0.05, 0.1) is 17.3 Å². The molecular formula is C17H15Cl2N3O2. The zero-order chi connectivity index (χ0) is 17.1. The van der Waals surface area contributed by atoms with Crippen LogP contribution < -0.4 is 15.5 Å². The van der Waals surface area contributed by atoms with Gasteiger partial charge in [-0.1, -0.05) is 23.2 Å². The monoisotopic (exact) mass is 363 g/mol. The molecule has 0 aliphatic carbocycles. The topological polar surface area (TPSA) is 61.4 Å². The van der Waals surface area contributed by atoms with Crippen LogP contribution >= 0.6 is 23.2 Å². The SMILES string of the molecule is O=C1CN(c2ccc(NC(=O)c3ccc(Cl)cc3)cc2Cl)CCN1. The first kappa shape index (κ1) is 16.6. The standard InChI is InChI=1S/C17H15Cl2N3O2/c18-12-3-1-11(2-4-12)17(24)21-13-5-6-15(14(19)9-13)22-8-7-20-16(23)10-22/h1-6,9H,7-8,10H2,(H,20,23)(H,21,24). The molecule has 0 bridgehead atoms. The lowest BCUT2D eigenvalue weighted by Crippen LogP contribution is -2.47. The summed E-state index contributed by atoms with van der Waals surface area (Å²) in [5.74, 6) is -0.273. The summed E-state index contributed by atoms with van der Waals surface area (Å²) in [6.45, 7) is 1.56. The highest BCUT2D eigenvalue weighted by atomic mass is 35.5. The number of carbonyl (C=O) groups is 2. The predicted molar refractivity (Wildman–Crippen MR) is 96.1 cm³/mol. The molecule has 0 radical (unpaired) electrons. The minimum absolute atomic E-state index is 0.0302. The van der Waals surface area contributed by atoms with Crippen molar-refractivity contribution < 1.29 is 9.59 Å². The number of hydrogen-bond donors (Lipinski definition) is 2. The van der Waals surface area contributed by atoms with E-state index in [-0.39, 0.29) is 18.4 Å². The van der Waals surface area contributed by atoms with Gasteiger partial charge in [-0.3, -0.25) is 9.59 Å². The molecule has 1 fully saturated rings. The van der Waals surface area contributed by atoms with Crippen molar-refractivity contribution in [3.63, 3.8) is 0 Å². The van der Waals surface area contributed by atoms with E-state index in [4.69, 9.17) is 23.2 Å². The van der Waals surface area contributed by atoms with Crippen LogP contribution in [0.2, 0.25) is 10.0 Å².